The standard InChI is InChI=1S/C34H26Si2/c1-5-17-28(18-6-1)35(29-19-7-2-8-20-29)32-25-13-15-27-16-14-26-33(34(27)32)36(30-21-9-3-10-22-30)31-23-11-4-12-24-31/h1-26H. The van der Waals surface area contributed by atoms with E-state index in [-0.39, 0.29) is 0 Å². The summed E-state index contributed by atoms with van der Waals surface area (Å²) in [7, 11) is -2.41. The Morgan fingerprint density at radius 1 is 0.278 bits per heavy atom. The molecule has 6 aromatic carbocycles. The Morgan fingerprint density at radius 2 is 0.583 bits per heavy atom. The summed E-state index contributed by atoms with van der Waals surface area (Å²) in [6, 6.07) is 58.2. The maximum atomic E-state index is 2.38. The number of benzene rings is 6. The SMILES string of the molecule is c1ccc([Si](c2ccccc2)c2cccc3cccc([Si](c4ccccc4)c4ccccc4)c23)cc1. The second kappa shape index (κ2) is 10.3. The van der Waals surface area contributed by atoms with E-state index in [1.807, 2.05) is 0 Å². The summed E-state index contributed by atoms with van der Waals surface area (Å²) in [4.78, 5) is 0. The Morgan fingerprint density at radius 3 is 0.889 bits per heavy atom. The molecular weight excluding hydrogens is 465 g/mol. The first kappa shape index (κ1) is 22.5. The van der Waals surface area contributed by atoms with Crippen LogP contribution in [-0.4, -0.2) is 17.6 Å². The molecule has 0 saturated carbocycles. The van der Waals surface area contributed by atoms with Gasteiger partial charge in [0.1, 0.15) is 0 Å². The molecule has 0 bridgehead atoms. The van der Waals surface area contributed by atoms with Crippen LogP contribution in [0, 0.1) is 0 Å². The minimum atomic E-state index is -1.20. The van der Waals surface area contributed by atoms with E-state index in [4.69, 9.17) is 0 Å². The number of hydrogen-bond acceptors (Lipinski definition) is 0. The molecule has 0 saturated heterocycles. The minimum absolute atomic E-state index is 1.20. The van der Waals surface area contributed by atoms with Gasteiger partial charge in [-0.25, -0.2) is 0 Å². The lowest BCUT2D eigenvalue weighted by molar-refractivity contribution is 1.72. The molecule has 0 aliphatic carbocycles. The van der Waals surface area contributed by atoms with Gasteiger partial charge >= 0.3 is 0 Å². The van der Waals surface area contributed by atoms with Crippen molar-refractivity contribution in [3.8, 4) is 0 Å². The van der Waals surface area contributed by atoms with Crippen LogP contribution in [0.5, 0.6) is 0 Å². The fraction of sp³-hybridized carbons (Fsp3) is 0. The summed E-state index contributed by atoms with van der Waals surface area (Å²) in [5, 5.41) is 11.4. The van der Waals surface area contributed by atoms with Crippen molar-refractivity contribution in [2.24, 2.45) is 0 Å². The number of hydrogen-bond donors (Lipinski definition) is 0. The molecule has 2 heteroatoms. The third-order valence-corrected chi connectivity index (χ3v) is 12.2. The second-order valence-electron chi connectivity index (χ2n) is 8.92. The summed E-state index contributed by atoms with van der Waals surface area (Å²) in [6.45, 7) is 0. The van der Waals surface area contributed by atoms with Gasteiger partial charge in [0.25, 0.3) is 0 Å². The summed E-state index contributed by atoms with van der Waals surface area (Å²) < 4.78 is 0. The van der Waals surface area contributed by atoms with Gasteiger partial charge in [0.2, 0.25) is 0 Å². The molecule has 0 heterocycles. The largest absolute Gasteiger partial charge is 0.155 e. The molecule has 0 spiro atoms. The van der Waals surface area contributed by atoms with Crippen LogP contribution in [0.1, 0.15) is 0 Å². The quantitative estimate of drug-likeness (QED) is 0.246. The predicted octanol–water partition coefficient (Wildman–Crippen LogP) is 3.87. The van der Waals surface area contributed by atoms with Gasteiger partial charge in [0.05, 0.1) is 0 Å². The zero-order valence-corrected chi connectivity index (χ0v) is 22.0. The summed E-state index contributed by atoms with van der Waals surface area (Å²) >= 11 is 0. The average Bonchev–Trinajstić information content (AvgIpc) is 2.96. The van der Waals surface area contributed by atoms with Crippen LogP contribution < -0.4 is 31.1 Å². The molecule has 0 aromatic heterocycles. The van der Waals surface area contributed by atoms with Crippen LogP contribution >= 0.6 is 0 Å². The molecule has 0 atom stereocenters. The van der Waals surface area contributed by atoms with Gasteiger partial charge < -0.3 is 0 Å². The minimum Gasteiger partial charge on any atom is -0.0624 e. The van der Waals surface area contributed by atoms with Crippen molar-refractivity contribution in [2.45, 2.75) is 0 Å². The van der Waals surface area contributed by atoms with Crippen LogP contribution in [0.2, 0.25) is 0 Å². The van der Waals surface area contributed by atoms with E-state index < -0.39 is 17.6 Å². The van der Waals surface area contributed by atoms with Gasteiger partial charge in [-0.3, -0.25) is 0 Å². The number of fused-ring (bicyclic) bond motifs is 1. The maximum Gasteiger partial charge on any atom is 0.155 e. The highest BCUT2D eigenvalue weighted by Crippen LogP contribution is 2.13. The monoisotopic (exact) mass is 490 g/mol. The van der Waals surface area contributed by atoms with Crippen molar-refractivity contribution in [1.29, 1.82) is 0 Å². The van der Waals surface area contributed by atoms with E-state index in [1.165, 1.54) is 41.9 Å². The van der Waals surface area contributed by atoms with E-state index in [2.05, 4.69) is 158 Å². The van der Waals surface area contributed by atoms with Crippen molar-refractivity contribution in [2.75, 3.05) is 0 Å². The third-order valence-electron chi connectivity index (χ3n) is 6.69. The lowest BCUT2D eigenvalue weighted by atomic mass is 10.1. The molecule has 170 valence electrons. The first-order valence-corrected chi connectivity index (χ1v) is 15.4. The van der Waals surface area contributed by atoms with Crippen molar-refractivity contribution >= 4 is 59.5 Å². The Kier molecular flexibility index (Phi) is 6.45. The van der Waals surface area contributed by atoms with E-state index >= 15 is 0 Å². The number of rotatable bonds is 6. The van der Waals surface area contributed by atoms with E-state index in [0.29, 0.717) is 0 Å². The van der Waals surface area contributed by atoms with Crippen molar-refractivity contribution in [1.82, 2.24) is 0 Å². The van der Waals surface area contributed by atoms with E-state index in [1.54, 1.807) is 0 Å². The molecule has 0 fully saturated rings. The van der Waals surface area contributed by atoms with Crippen LogP contribution in [0.25, 0.3) is 10.8 Å². The second-order valence-corrected chi connectivity index (χ2v) is 13.8. The van der Waals surface area contributed by atoms with Gasteiger partial charge in [-0.05, 0) is 21.1 Å². The van der Waals surface area contributed by atoms with Crippen LogP contribution in [0.3, 0.4) is 0 Å². The Bertz CT molecular complexity index is 1370. The summed E-state index contributed by atoms with van der Waals surface area (Å²) in [5.74, 6) is 0. The fourth-order valence-electron chi connectivity index (χ4n) is 5.13. The molecule has 6 rings (SSSR count). The highest BCUT2D eigenvalue weighted by molar-refractivity contribution is 7.00. The molecule has 0 aliphatic rings. The van der Waals surface area contributed by atoms with Gasteiger partial charge in [-0.15, -0.1) is 0 Å². The zero-order valence-electron chi connectivity index (χ0n) is 20.0. The zero-order chi connectivity index (χ0) is 24.2. The normalized spacial score (nSPS) is 11.3. The van der Waals surface area contributed by atoms with Crippen molar-refractivity contribution in [3.05, 3.63) is 158 Å². The molecule has 0 N–H and O–H groups in total. The molecule has 0 amide bonds. The van der Waals surface area contributed by atoms with Gasteiger partial charge in [0, 0.05) is 0 Å². The Hall–Kier alpha value is -3.99. The molecule has 0 aliphatic heterocycles. The lowest BCUT2D eigenvalue weighted by Crippen LogP contribution is -2.56. The Labute approximate surface area is 216 Å². The summed E-state index contributed by atoms with van der Waals surface area (Å²) in [6.07, 6.45) is 0. The van der Waals surface area contributed by atoms with Crippen LogP contribution in [0.15, 0.2) is 158 Å². The summed E-state index contributed by atoms with van der Waals surface area (Å²) in [5.41, 5.74) is 0. The van der Waals surface area contributed by atoms with E-state index in [0.717, 1.165) is 0 Å². The fourth-order valence-corrected chi connectivity index (χ4v) is 10.9. The third kappa shape index (κ3) is 4.37. The van der Waals surface area contributed by atoms with Gasteiger partial charge in [-0.2, -0.15) is 0 Å². The molecule has 6 aromatic rings. The van der Waals surface area contributed by atoms with Crippen molar-refractivity contribution < 1.29 is 0 Å². The lowest BCUT2D eigenvalue weighted by Gasteiger charge is -2.24. The predicted molar refractivity (Wildman–Crippen MR) is 159 cm³/mol. The maximum absolute atomic E-state index is 2.38. The smallest absolute Gasteiger partial charge is 0.0624 e. The van der Waals surface area contributed by atoms with Gasteiger partial charge in [-0.1, -0.05) is 178 Å². The van der Waals surface area contributed by atoms with Gasteiger partial charge in [0.15, 0.2) is 17.6 Å². The van der Waals surface area contributed by atoms with E-state index in [9.17, 15) is 0 Å². The van der Waals surface area contributed by atoms with Crippen LogP contribution in [-0.2, 0) is 0 Å². The first-order chi connectivity index (χ1) is 17.9. The molecule has 36 heavy (non-hydrogen) atoms. The molecule has 2 radical (unpaired) electrons. The molecule has 0 nitrogen and oxygen atoms in total. The molecule has 0 unspecified atom stereocenters. The Balaban J connectivity index is 1.66. The first-order valence-electron chi connectivity index (χ1n) is 12.4. The average molecular weight is 491 g/mol. The van der Waals surface area contributed by atoms with Crippen LogP contribution in [0.4, 0.5) is 0 Å². The van der Waals surface area contributed by atoms with Crippen molar-refractivity contribution in [3.63, 3.8) is 0 Å². The highest BCUT2D eigenvalue weighted by Gasteiger charge is 2.27. The molecular formula is C34H26Si2. The highest BCUT2D eigenvalue weighted by atomic mass is 28.3. The topological polar surface area (TPSA) is 0 Å².